The molecular weight excluding hydrogens is 352 g/mol. The monoisotopic (exact) mass is 380 g/mol. The molecule has 5 heteroatoms. The number of ether oxygens (including phenoxy) is 2. The van der Waals surface area contributed by atoms with Crippen LogP contribution in [0.4, 0.5) is 0 Å². The highest BCUT2D eigenvalue weighted by Crippen LogP contribution is 2.33. The Labute approximate surface area is 166 Å². The van der Waals surface area contributed by atoms with E-state index in [4.69, 9.17) is 9.47 Å². The minimum absolute atomic E-state index is 0.0504. The number of likely N-dealkylation sites (tertiary alicyclic amines) is 1. The molecule has 0 radical (unpaired) electrons. The molecule has 0 unspecified atom stereocenters. The van der Waals surface area contributed by atoms with Gasteiger partial charge in [-0.25, -0.2) is 0 Å². The maximum Gasteiger partial charge on any atom is 0.254 e. The van der Waals surface area contributed by atoms with E-state index in [9.17, 15) is 4.79 Å². The number of carbonyl (C=O) groups is 1. The number of nitrogens with zero attached hydrogens (tertiary/aromatic N) is 2. The van der Waals surface area contributed by atoms with E-state index >= 15 is 0 Å². The molecule has 2 heterocycles. The maximum atomic E-state index is 13.0. The van der Waals surface area contributed by atoms with Crippen LogP contribution in [-0.4, -0.2) is 55.2 Å². The summed E-state index contributed by atoms with van der Waals surface area (Å²) in [6.45, 7) is 3.37. The Balaban J connectivity index is 1.31. The summed E-state index contributed by atoms with van der Waals surface area (Å²) in [5.74, 6) is 1.42. The van der Waals surface area contributed by atoms with Crippen molar-refractivity contribution in [3.8, 4) is 11.5 Å². The van der Waals surface area contributed by atoms with Crippen molar-refractivity contribution >= 4 is 5.91 Å². The molecule has 148 valence electrons. The van der Waals surface area contributed by atoms with Gasteiger partial charge in [0, 0.05) is 25.2 Å². The molecule has 4 rings (SSSR count). The summed E-state index contributed by atoms with van der Waals surface area (Å²) in [5, 5.41) is 0. The number of fused-ring (bicyclic) bond motifs is 1. The molecule has 2 aromatic carbocycles. The molecular formula is C23H28N2O3. The van der Waals surface area contributed by atoms with Gasteiger partial charge in [-0.3, -0.25) is 4.79 Å². The van der Waals surface area contributed by atoms with Gasteiger partial charge in [0.2, 0.25) is 6.79 Å². The number of hydrogen-bond acceptors (Lipinski definition) is 4. The Bertz CT molecular complexity index is 809. The number of benzene rings is 2. The summed E-state index contributed by atoms with van der Waals surface area (Å²) in [7, 11) is 1.92. The summed E-state index contributed by atoms with van der Waals surface area (Å²) in [6.07, 6.45) is 4.45. The highest BCUT2D eigenvalue weighted by Gasteiger charge is 2.27. The smallest absolute Gasteiger partial charge is 0.254 e. The van der Waals surface area contributed by atoms with E-state index in [-0.39, 0.29) is 18.7 Å². The van der Waals surface area contributed by atoms with Crippen LogP contribution in [0.15, 0.2) is 48.5 Å². The van der Waals surface area contributed by atoms with Crippen LogP contribution < -0.4 is 9.47 Å². The van der Waals surface area contributed by atoms with Gasteiger partial charge in [0.15, 0.2) is 11.5 Å². The van der Waals surface area contributed by atoms with Gasteiger partial charge >= 0.3 is 0 Å². The molecule has 0 saturated carbocycles. The topological polar surface area (TPSA) is 42.0 Å². The van der Waals surface area contributed by atoms with Crippen molar-refractivity contribution in [1.29, 1.82) is 0 Å². The second-order valence-electron chi connectivity index (χ2n) is 7.67. The molecule has 0 spiro atoms. The first-order chi connectivity index (χ1) is 13.7. The van der Waals surface area contributed by atoms with E-state index in [2.05, 4.69) is 35.2 Å². The van der Waals surface area contributed by atoms with Gasteiger partial charge in [0.1, 0.15) is 0 Å². The maximum absolute atomic E-state index is 13.0. The molecule has 0 aromatic heterocycles. The predicted molar refractivity (Wildman–Crippen MR) is 109 cm³/mol. The van der Waals surface area contributed by atoms with Crippen LogP contribution in [0.1, 0.15) is 35.2 Å². The molecule has 5 nitrogen and oxygen atoms in total. The van der Waals surface area contributed by atoms with Gasteiger partial charge in [-0.1, -0.05) is 30.3 Å². The minimum Gasteiger partial charge on any atom is -0.454 e. The zero-order valence-corrected chi connectivity index (χ0v) is 16.5. The SMILES string of the molecule is CN(C(=O)c1ccc2c(c1)OCO2)[C@H]1CCCN(CCCc2ccccc2)C1. The molecule has 0 aliphatic carbocycles. The molecule has 1 saturated heterocycles. The van der Waals surface area contributed by atoms with E-state index in [0.717, 1.165) is 45.3 Å². The van der Waals surface area contributed by atoms with Crippen LogP contribution in [0.25, 0.3) is 0 Å². The van der Waals surface area contributed by atoms with Gasteiger partial charge in [-0.2, -0.15) is 0 Å². The van der Waals surface area contributed by atoms with Crippen molar-refractivity contribution in [3.05, 3.63) is 59.7 Å². The first kappa shape index (κ1) is 18.8. The number of amides is 1. The van der Waals surface area contributed by atoms with Crippen LogP contribution in [0, 0.1) is 0 Å². The van der Waals surface area contributed by atoms with Crippen LogP contribution in [0.3, 0.4) is 0 Å². The van der Waals surface area contributed by atoms with E-state index in [1.54, 1.807) is 6.07 Å². The summed E-state index contributed by atoms with van der Waals surface area (Å²) in [5.41, 5.74) is 2.05. The zero-order chi connectivity index (χ0) is 19.3. The van der Waals surface area contributed by atoms with Crippen molar-refractivity contribution in [3.63, 3.8) is 0 Å². The number of carbonyl (C=O) groups excluding carboxylic acids is 1. The number of aryl methyl sites for hydroxylation is 1. The number of hydrogen-bond donors (Lipinski definition) is 0. The van der Waals surface area contributed by atoms with E-state index in [0.29, 0.717) is 17.1 Å². The van der Waals surface area contributed by atoms with E-state index in [1.165, 1.54) is 5.56 Å². The molecule has 2 aromatic rings. The average molecular weight is 380 g/mol. The molecule has 2 aliphatic heterocycles. The Hall–Kier alpha value is -2.53. The molecule has 28 heavy (non-hydrogen) atoms. The lowest BCUT2D eigenvalue weighted by atomic mass is 10.0. The Morgan fingerprint density at radius 3 is 2.82 bits per heavy atom. The Morgan fingerprint density at radius 1 is 1.14 bits per heavy atom. The summed E-state index contributed by atoms with van der Waals surface area (Å²) >= 11 is 0. The lowest BCUT2D eigenvalue weighted by molar-refractivity contribution is 0.0616. The fourth-order valence-electron chi connectivity index (χ4n) is 4.10. The van der Waals surface area contributed by atoms with Gasteiger partial charge in [-0.05, 0) is 62.5 Å². The molecule has 0 bridgehead atoms. The van der Waals surface area contributed by atoms with Crippen molar-refractivity contribution in [1.82, 2.24) is 9.80 Å². The Kier molecular flexibility index (Phi) is 5.81. The molecule has 0 N–H and O–H groups in total. The largest absolute Gasteiger partial charge is 0.454 e. The number of rotatable bonds is 6. The number of likely N-dealkylation sites (N-methyl/N-ethyl adjacent to an activating group) is 1. The lowest BCUT2D eigenvalue weighted by Gasteiger charge is -2.37. The lowest BCUT2D eigenvalue weighted by Crippen LogP contribution is -2.48. The van der Waals surface area contributed by atoms with Crippen molar-refractivity contribution in [2.45, 2.75) is 31.7 Å². The third kappa shape index (κ3) is 4.30. The minimum atomic E-state index is 0.0504. The van der Waals surface area contributed by atoms with Crippen LogP contribution in [0.5, 0.6) is 11.5 Å². The van der Waals surface area contributed by atoms with Crippen LogP contribution in [0.2, 0.25) is 0 Å². The standard InChI is InChI=1S/C23H28N2O3/c1-24(23(26)19-11-12-21-22(15-19)28-17-27-21)20-10-6-14-25(16-20)13-5-9-18-7-3-2-4-8-18/h2-4,7-8,11-12,15,20H,5-6,9-10,13-14,16-17H2,1H3/t20-/m0/s1. The molecule has 1 amide bonds. The first-order valence-electron chi connectivity index (χ1n) is 10.1. The van der Waals surface area contributed by atoms with Crippen LogP contribution >= 0.6 is 0 Å². The van der Waals surface area contributed by atoms with Crippen molar-refractivity contribution in [2.75, 3.05) is 33.5 Å². The first-order valence-corrected chi connectivity index (χ1v) is 10.1. The second kappa shape index (κ2) is 8.65. The quantitative estimate of drug-likeness (QED) is 0.768. The van der Waals surface area contributed by atoms with Gasteiger partial charge < -0.3 is 19.3 Å². The van der Waals surface area contributed by atoms with Crippen molar-refractivity contribution < 1.29 is 14.3 Å². The van der Waals surface area contributed by atoms with Gasteiger partial charge in [-0.15, -0.1) is 0 Å². The Morgan fingerprint density at radius 2 is 1.96 bits per heavy atom. The summed E-state index contributed by atoms with van der Waals surface area (Å²) < 4.78 is 10.8. The third-order valence-electron chi connectivity index (χ3n) is 5.75. The second-order valence-corrected chi connectivity index (χ2v) is 7.67. The molecule has 1 fully saturated rings. The van der Waals surface area contributed by atoms with Crippen LogP contribution in [-0.2, 0) is 6.42 Å². The predicted octanol–water partition coefficient (Wildman–Crippen LogP) is 3.58. The normalized spacial score (nSPS) is 18.8. The summed E-state index contributed by atoms with van der Waals surface area (Å²) in [4.78, 5) is 17.4. The van der Waals surface area contributed by atoms with Crippen molar-refractivity contribution in [2.24, 2.45) is 0 Å². The average Bonchev–Trinajstić information content (AvgIpc) is 3.21. The third-order valence-corrected chi connectivity index (χ3v) is 5.75. The number of piperidine rings is 1. The van der Waals surface area contributed by atoms with E-state index < -0.39 is 0 Å². The molecule has 1 atom stereocenters. The fourth-order valence-corrected chi connectivity index (χ4v) is 4.10. The fraction of sp³-hybridized carbons (Fsp3) is 0.435. The van der Waals surface area contributed by atoms with Gasteiger partial charge in [0.25, 0.3) is 5.91 Å². The van der Waals surface area contributed by atoms with Gasteiger partial charge in [0.05, 0.1) is 0 Å². The summed E-state index contributed by atoms with van der Waals surface area (Å²) in [6, 6.07) is 16.3. The molecule has 2 aliphatic rings. The highest BCUT2D eigenvalue weighted by molar-refractivity contribution is 5.95. The van der Waals surface area contributed by atoms with E-state index in [1.807, 2.05) is 24.1 Å². The zero-order valence-electron chi connectivity index (χ0n) is 16.5. The highest BCUT2D eigenvalue weighted by atomic mass is 16.7.